The first-order chi connectivity index (χ1) is 7.00. The number of hydrogen-bond donors (Lipinski definition) is 2. The molecule has 0 spiro atoms. The van der Waals surface area contributed by atoms with Crippen LogP contribution in [0.4, 0.5) is 20.2 Å². The first-order valence-electron chi connectivity index (χ1n) is 4.25. The third-order valence-electron chi connectivity index (χ3n) is 2.18. The zero-order chi connectivity index (χ0) is 11.2. The summed E-state index contributed by atoms with van der Waals surface area (Å²) in [5, 5.41) is 5.08. The summed E-state index contributed by atoms with van der Waals surface area (Å²) in [4.78, 5) is 11.3. The zero-order valence-electron chi connectivity index (χ0n) is 7.70. The van der Waals surface area contributed by atoms with E-state index in [0.29, 0.717) is 0 Å². The normalized spacial score (nSPS) is 19.2. The number of anilines is 2. The summed E-state index contributed by atoms with van der Waals surface area (Å²) in [6, 6.07) is 0.635. The Hall–Kier alpha value is -1.17. The van der Waals surface area contributed by atoms with E-state index in [1.54, 1.807) is 6.92 Å². The van der Waals surface area contributed by atoms with Gasteiger partial charge in [0, 0.05) is 6.07 Å². The molecule has 0 aromatic heterocycles. The lowest BCUT2D eigenvalue weighted by atomic mass is 10.1. The highest BCUT2D eigenvalue weighted by Gasteiger charge is 2.26. The molecule has 6 heteroatoms. The molecule has 1 aliphatic heterocycles. The number of carbonyl (C=O) groups excluding carboxylic acids is 1. The van der Waals surface area contributed by atoms with E-state index in [1.165, 1.54) is 0 Å². The lowest BCUT2D eigenvalue weighted by Gasteiger charge is -2.24. The summed E-state index contributed by atoms with van der Waals surface area (Å²) in [6.07, 6.45) is 0. The summed E-state index contributed by atoms with van der Waals surface area (Å²) in [5.41, 5.74) is 0.228. The SMILES string of the molecule is CC1Nc2cc(F)c(Br)c(F)c2NC1=O. The summed E-state index contributed by atoms with van der Waals surface area (Å²) < 4.78 is 26.4. The predicted octanol–water partition coefficient (Wildman–Crippen LogP) is 2.48. The number of nitrogens with one attached hydrogen (secondary N) is 2. The van der Waals surface area contributed by atoms with Crippen LogP contribution in [0, 0.1) is 11.6 Å². The van der Waals surface area contributed by atoms with Gasteiger partial charge in [0.1, 0.15) is 17.5 Å². The average molecular weight is 277 g/mol. The Morgan fingerprint density at radius 1 is 1.47 bits per heavy atom. The van der Waals surface area contributed by atoms with Gasteiger partial charge in [-0.2, -0.15) is 0 Å². The summed E-state index contributed by atoms with van der Waals surface area (Å²) in [5.74, 6) is -1.86. The molecule has 2 N–H and O–H groups in total. The van der Waals surface area contributed by atoms with Crippen LogP contribution in [0.15, 0.2) is 10.5 Å². The van der Waals surface area contributed by atoms with Gasteiger partial charge in [-0.15, -0.1) is 0 Å². The monoisotopic (exact) mass is 276 g/mol. The Kier molecular flexibility index (Phi) is 2.38. The number of carbonyl (C=O) groups is 1. The molecule has 0 saturated heterocycles. The largest absolute Gasteiger partial charge is 0.372 e. The number of amides is 1. The van der Waals surface area contributed by atoms with Crippen LogP contribution >= 0.6 is 15.9 Å². The Labute approximate surface area is 93.0 Å². The van der Waals surface area contributed by atoms with Crippen LogP contribution in [-0.2, 0) is 4.79 Å². The van der Waals surface area contributed by atoms with Crippen LogP contribution in [0.3, 0.4) is 0 Å². The molecule has 1 heterocycles. The van der Waals surface area contributed by atoms with E-state index in [9.17, 15) is 13.6 Å². The fraction of sp³-hybridized carbons (Fsp3) is 0.222. The van der Waals surface area contributed by atoms with Crippen molar-refractivity contribution >= 4 is 33.2 Å². The van der Waals surface area contributed by atoms with Crippen molar-refractivity contribution in [2.45, 2.75) is 13.0 Å². The van der Waals surface area contributed by atoms with E-state index < -0.39 is 17.7 Å². The van der Waals surface area contributed by atoms with Gasteiger partial charge in [-0.1, -0.05) is 0 Å². The first-order valence-corrected chi connectivity index (χ1v) is 5.05. The molecule has 3 nitrogen and oxygen atoms in total. The van der Waals surface area contributed by atoms with E-state index in [-0.39, 0.29) is 21.8 Å². The standard InChI is InChI=1S/C9H7BrF2N2O/c1-3-9(15)14-8-5(13-3)2-4(11)6(10)7(8)12/h2-3,13H,1H3,(H,14,15). The average Bonchev–Trinajstić information content (AvgIpc) is 2.19. The highest BCUT2D eigenvalue weighted by Crippen LogP contribution is 2.35. The molecule has 1 aliphatic rings. The molecule has 0 aliphatic carbocycles. The van der Waals surface area contributed by atoms with E-state index in [1.807, 2.05) is 0 Å². The second-order valence-corrected chi connectivity index (χ2v) is 4.06. The van der Waals surface area contributed by atoms with Gasteiger partial charge in [-0.05, 0) is 22.9 Å². The maximum Gasteiger partial charge on any atom is 0.246 e. The number of halogens is 3. The van der Waals surface area contributed by atoms with Crippen molar-refractivity contribution in [1.82, 2.24) is 0 Å². The molecule has 1 atom stereocenters. The lowest BCUT2D eigenvalue weighted by molar-refractivity contribution is -0.116. The minimum absolute atomic E-state index is 0.0219. The molecular formula is C9H7BrF2N2O. The van der Waals surface area contributed by atoms with Gasteiger partial charge in [0.2, 0.25) is 5.91 Å². The number of hydrogen-bond acceptors (Lipinski definition) is 2. The van der Waals surface area contributed by atoms with Crippen molar-refractivity contribution in [3.05, 3.63) is 22.2 Å². The minimum Gasteiger partial charge on any atom is -0.372 e. The molecule has 1 amide bonds. The predicted molar refractivity (Wildman–Crippen MR) is 55.8 cm³/mol. The molecule has 15 heavy (non-hydrogen) atoms. The highest BCUT2D eigenvalue weighted by atomic mass is 79.9. The van der Waals surface area contributed by atoms with Crippen molar-refractivity contribution in [2.24, 2.45) is 0 Å². The topological polar surface area (TPSA) is 41.1 Å². The molecule has 1 aromatic carbocycles. The summed E-state index contributed by atoms with van der Waals surface area (Å²) in [7, 11) is 0. The number of fused-ring (bicyclic) bond motifs is 1. The molecule has 2 rings (SSSR count). The first kappa shape index (κ1) is 10.4. The van der Waals surface area contributed by atoms with Gasteiger partial charge in [0.15, 0.2) is 5.82 Å². The van der Waals surface area contributed by atoms with E-state index >= 15 is 0 Å². The number of rotatable bonds is 0. The lowest BCUT2D eigenvalue weighted by Crippen LogP contribution is -2.37. The Bertz CT molecular complexity index is 450. The minimum atomic E-state index is -0.808. The quantitative estimate of drug-likeness (QED) is 0.715. The molecular weight excluding hydrogens is 270 g/mol. The highest BCUT2D eigenvalue weighted by molar-refractivity contribution is 9.10. The zero-order valence-corrected chi connectivity index (χ0v) is 9.28. The van der Waals surface area contributed by atoms with Crippen LogP contribution < -0.4 is 10.6 Å². The van der Waals surface area contributed by atoms with E-state index in [4.69, 9.17) is 0 Å². The smallest absolute Gasteiger partial charge is 0.246 e. The number of benzene rings is 1. The van der Waals surface area contributed by atoms with E-state index in [0.717, 1.165) is 6.07 Å². The molecule has 0 saturated carbocycles. The van der Waals surface area contributed by atoms with E-state index in [2.05, 4.69) is 26.6 Å². The fourth-order valence-electron chi connectivity index (χ4n) is 1.36. The van der Waals surface area contributed by atoms with Crippen LogP contribution in [-0.4, -0.2) is 11.9 Å². The molecule has 0 bridgehead atoms. The Morgan fingerprint density at radius 3 is 2.80 bits per heavy atom. The second-order valence-electron chi connectivity index (χ2n) is 3.26. The molecule has 1 unspecified atom stereocenters. The molecule has 1 aromatic rings. The van der Waals surface area contributed by atoms with Crippen LogP contribution in [0.1, 0.15) is 6.92 Å². The Balaban J connectivity index is 2.58. The van der Waals surface area contributed by atoms with Crippen molar-refractivity contribution in [3.63, 3.8) is 0 Å². The van der Waals surface area contributed by atoms with Crippen molar-refractivity contribution in [1.29, 1.82) is 0 Å². The van der Waals surface area contributed by atoms with Gasteiger partial charge < -0.3 is 10.6 Å². The maximum atomic E-state index is 13.5. The summed E-state index contributed by atoms with van der Waals surface area (Å²) in [6.45, 7) is 1.61. The third kappa shape index (κ3) is 1.58. The van der Waals surface area contributed by atoms with Crippen LogP contribution in [0.2, 0.25) is 0 Å². The van der Waals surface area contributed by atoms with Gasteiger partial charge in [-0.25, -0.2) is 8.78 Å². The van der Waals surface area contributed by atoms with Crippen molar-refractivity contribution in [2.75, 3.05) is 10.6 Å². The van der Waals surface area contributed by atoms with Crippen LogP contribution in [0.25, 0.3) is 0 Å². The maximum absolute atomic E-state index is 13.5. The Morgan fingerprint density at radius 2 is 2.13 bits per heavy atom. The third-order valence-corrected chi connectivity index (χ3v) is 2.90. The second kappa shape index (κ2) is 3.44. The van der Waals surface area contributed by atoms with Gasteiger partial charge in [0.05, 0.1) is 10.2 Å². The summed E-state index contributed by atoms with van der Waals surface area (Å²) >= 11 is 2.76. The molecule has 80 valence electrons. The van der Waals surface area contributed by atoms with Crippen molar-refractivity contribution < 1.29 is 13.6 Å². The van der Waals surface area contributed by atoms with Gasteiger partial charge in [-0.3, -0.25) is 4.79 Å². The van der Waals surface area contributed by atoms with Gasteiger partial charge >= 0.3 is 0 Å². The van der Waals surface area contributed by atoms with Gasteiger partial charge in [0.25, 0.3) is 0 Å². The van der Waals surface area contributed by atoms with Crippen molar-refractivity contribution in [3.8, 4) is 0 Å². The fourth-order valence-corrected chi connectivity index (χ4v) is 1.67. The van der Waals surface area contributed by atoms with Crippen LogP contribution in [0.5, 0.6) is 0 Å². The molecule has 0 radical (unpaired) electrons. The molecule has 0 fully saturated rings.